The van der Waals surface area contributed by atoms with Crippen molar-refractivity contribution in [1.29, 1.82) is 0 Å². The third-order valence-corrected chi connectivity index (χ3v) is 4.16. The zero-order valence-corrected chi connectivity index (χ0v) is 12.3. The fourth-order valence-corrected chi connectivity index (χ4v) is 2.94. The lowest BCUT2D eigenvalue weighted by atomic mass is 9.99. The van der Waals surface area contributed by atoms with Gasteiger partial charge < -0.3 is 15.1 Å². The molecule has 1 aromatic heterocycles. The lowest BCUT2D eigenvalue weighted by Gasteiger charge is -2.34. The number of rotatable bonds is 4. The summed E-state index contributed by atoms with van der Waals surface area (Å²) in [6.07, 6.45) is 6.08. The Morgan fingerprint density at radius 1 is 1.32 bits per heavy atom. The Labute approximate surface area is 116 Å². The van der Waals surface area contributed by atoms with Crippen molar-refractivity contribution in [3.8, 4) is 0 Å². The van der Waals surface area contributed by atoms with Gasteiger partial charge in [-0.25, -0.2) is 0 Å². The summed E-state index contributed by atoms with van der Waals surface area (Å²) in [5, 5.41) is 3.51. The van der Waals surface area contributed by atoms with Gasteiger partial charge in [0.05, 0.1) is 0 Å². The highest BCUT2D eigenvalue weighted by Gasteiger charge is 2.27. The van der Waals surface area contributed by atoms with Crippen LogP contribution in [0.15, 0.2) is 24.5 Å². The lowest BCUT2D eigenvalue weighted by Crippen LogP contribution is -2.52. The number of hydrogen-bond donors (Lipinski definition) is 1. The molecule has 1 saturated heterocycles. The summed E-state index contributed by atoms with van der Waals surface area (Å²) in [7, 11) is 6.55. The Kier molecular flexibility index (Phi) is 5.31. The maximum atomic E-state index is 4.09. The van der Waals surface area contributed by atoms with E-state index in [0.717, 1.165) is 13.0 Å². The van der Waals surface area contributed by atoms with Crippen LogP contribution < -0.4 is 5.32 Å². The summed E-state index contributed by atoms with van der Waals surface area (Å²) < 4.78 is 0. The van der Waals surface area contributed by atoms with E-state index in [-0.39, 0.29) is 0 Å². The molecule has 1 aromatic rings. The van der Waals surface area contributed by atoms with Crippen LogP contribution in [0.25, 0.3) is 0 Å². The van der Waals surface area contributed by atoms with Gasteiger partial charge in [0.2, 0.25) is 0 Å². The molecule has 0 bridgehead atoms. The molecule has 106 valence electrons. The highest BCUT2D eigenvalue weighted by Crippen LogP contribution is 2.14. The van der Waals surface area contributed by atoms with E-state index in [4.69, 9.17) is 0 Å². The van der Waals surface area contributed by atoms with Crippen LogP contribution in [0.2, 0.25) is 0 Å². The summed E-state index contributed by atoms with van der Waals surface area (Å²) in [6, 6.07) is 5.27. The maximum absolute atomic E-state index is 4.09. The van der Waals surface area contributed by atoms with Crippen LogP contribution in [-0.2, 0) is 6.42 Å². The maximum Gasteiger partial charge on any atom is 0.0376 e. The molecule has 0 radical (unpaired) electrons. The Balaban J connectivity index is 2.06. The minimum Gasteiger partial charge on any atom is -0.315 e. The summed E-state index contributed by atoms with van der Waals surface area (Å²) in [4.78, 5) is 9.05. The van der Waals surface area contributed by atoms with E-state index in [2.05, 4.69) is 53.4 Å². The summed E-state index contributed by atoms with van der Waals surface area (Å²) in [6.45, 7) is 3.52. The van der Waals surface area contributed by atoms with E-state index < -0.39 is 0 Å². The second-order valence-corrected chi connectivity index (χ2v) is 5.62. The molecule has 0 amide bonds. The van der Waals surface area contributed by atoms with E-state index in [1.54, 1.807) is 0 Å². The molecule has 1 aliphatic heterocycles. The molecule has 19 heavy (non-hydrogen) atoms. The molecule has 0 spiro atoms. The predicted molar refractivity (Wildman–Crippen MR) is 79.3 cm³/mol. The zero-order valence-electron chi connectivity index (χ0n) is 12.3. The molecule has 4 heteroatoms. The van der Waals surface area contributed by atoms with Gasteiger partial charge in [0.15, 0.2) is 0 Å². The van der Waals surface area contributed by atoms with Gasteiger partial charge in [-0.15, -0.1) is 0 Å². The molecule has 2 atom stereocenters. The molecule has 0 aromatic carbocycles. The van der Waals surface area contributed by atoms with Crippen LogP contribution in [0.5, 0.6) is 0 Å². The van der Waals surface area contributed by atoms with Gasteiger partial charge in [-0.05, 0) is 64.8 Å². The van der Waals surface area contributed by atoms with Gasteiger partial charge in [-0.1, -0.05) is 0 Å². The van der Waals surface area contributed by atoms with Gasteiger partial charge in [0.1, 0.15) is 0 Å². The average Bonchev–Trinajstić information content (AvgIpc) is 2.59. The fraction of sp³-hybridized carbons (Fsp3) is 0.667. The van der Waals surface area contributed by atoms with Gasteiger partial charge in [0.25, 0.3) is 0 Å². The minimum absolute atomic E-state index is 0.480. The Bertz CT molecular complexity index is 368. The lowest BCUT2D eigenvalue weighted by molar-refractivity contribution is 0.181. The first-order chi connectivity index (χ1) is 9.20. The van der Waals surface area contributed by atoms with Crippen molar-refractivity contribution in [2.45, 2.75) is 24.9 Å². The second kappa shape index (κ2) is 6.98. The van der Waals surface area contributed by atoms with E-state index in [1.807, 2.05) is 12.4 Å². The number of nitrogens with zero attached hydrogens (tertiary/aromatic N) is 3. The number of aromatic nitrogens is 1. The number of nitrogens with one attached hydrogen (secondary N) is 1. The minimum atomic E-state index is 0.480. The molecule has 1 fully saturated rings. The first-order valence-electron chi connectivity index (χ1n) is 7.15. The van der Waals surface area contributed by atoms with E-state index in [0.29, 0.717) is 12.1 Å². The van der Waals surface area contributed by atoms with Crippen LogP contribution in [0, 0.1) is 0 Å². The van der Waals surface area contributed by atoms with Crippen LogP contribution in [-0.4, -0.2) is 67.6 Å². The van der Waals surface area contributed by atoms with Crippen molar-refractivity contribution in [2.24, 2.45) is 0 Å². The Morgan fingerprint density at radius 2 is 2.05 bits per heavy atom. The Hall–Kier alpha value is -0.970. The standard InChI is InChI=1S/C15H26N4/c1-16-14(11-13-5-7-17-8-6-13)15-12-18(2)9-4-10-19(15)3/h5-8,14-16H,4,9-12H2,1-3H3. The predicted octanol–water partition coefficient (Wildman–Crippen LogP) is 0.848. The van der Waals surface area contributed by atoms with Crippen molar-refractivity contribution >= 4 is 0 Å². The fourth-order valence-electron chi connectivity index (χ4n) is 2.94. The van der Waals surface area contributed by atoms with Crippen LogP contribution in [0.4, 0.5) is 0 Å². The van der Waals surface area contributed by atoms with Crippen LogP contribution >= 0.6 is 0 Å². The van der Waals surface area contributed by atoms with Crippen molar-refractivity contribution in [3.63, 3.8) is 0 Å². The largest absolute Gasteiger partial charge is 0.315 e. The molecule has 4 nitrogen and oxygen atoms in total. The number of likely N-dealkylation sites (N-methyl/N-ethyl adjacent to an activating group) is 3. The molecule has 2 heterocycles. The molecule has 2 rings (SSSR count). The third-order valence-electron chi connectivity index (χ3n) is 4.16. The van der Waals surface area contributed by atoms with Gasteiger partial charge in [-0.3, -0.25) is 4.98 Å². The molecule has 2 unspecified atom stereocenters. The zero-order chi connectivity index (χ0) is 13.7. The molecular formula is C15H26N4. The molecule has 0 saturated carbocycles. The Morgan fingerprint density at radius 3 is 2.74 bits per heavy atom. The van der Waals surface area contributed by atoms with E-state index in [1.165, 1.54) is 25.1 Å². The monoisotopic (exact) mass is 262 g/mol. The quantitative estimate of drug-likeness (QED) is 0.871. The smallest absolute Gasteiger partial charge is 0.0376 e. The molecule has 1 aliphatic rings. The average molecular weight is 262 g/mol. The first kappa shape index (κ1) is 14.4. The normalized spacial score (nSPS) is 24.1. The number of hydrogen-bond acceptors (Lipinski definition) is 4. The SMILES string of the molecule is CNC(Cc1ccncc1)C1CN(C)CCCN1C. The highest BCUT2D eigenvalue weighted by molar-refractivity contribution is 5.12. The van der Waals surface area contributed by atoms with Gasteiger partial charge >= 0.3 is 0 Å². The van der Waals surface area contributed by atoms with Gasteiger partial charge in [-0.2, -0.15) is 0 Å². The number of pyridine rings is 1. The van der Waals surface area contributed by atoms with Crippen LogP contribution in [0.1, 0.15) is 12.0 Å². The summed E-state index contributed by atoms with van der Waals surface area (Å²) in [5.74, 6) is 0. The third kappa shape index (κ3) is 4.00. The summed E-state index contributed by atoms with van der Waals surface area (Å²) in [5.41, 5.74) is 1.36. The van der Waals surface area contributed by atoms with Crippen molar-refractivity contribution in [2.75, 3.05) is 40.8 Å². The van der Waals surface area contributed by atoms with Crippen molar-refractivity contribution in [3.05, 3.63) is 30.1 Å². The van der Waals surface area contributed by atoms with Crippen LogP contribution in [0.3, 0.4) is 0 Å². The molecular weight excluding hydrogens is 236 g/mol. The molecule has 0 aliphatic carbocycles. The van der Waals surface area contributed by atoms with E-state index >= 15 is 0 Å². The van der Waals surface area contributed by atoms with E-state index in [9.17, 15) is 0 Å². The van der Waals surface area contributed by atoms with Crippen molar-refractivity contribution in [1.82, 2.24) is 20.1 Å². The first-order valence-corrected chi connectivity index (χ1v) is 7.15. The topological polar surface area (TPSA) is 31.4 Å². The molecule has 1 N–H and O–H groups in total. The summed E-state index contributed by atoms with van der Waals surface area (Å²) >= 11 is 0. The van der Waals surface area contributed by atoms with Crippen molar-refractivity contribution < 1.29 is 0 Å². The van der Waals surface area contributed by atoms with Gasteiger partial charge in [0, 0.05) is 31.0 Å². The second-order valence-electron chi connectivity index (χ2n) is 5.62. The highest BCUT2D eigenvalue weighted by atomic mass is 15.2.